The van der Waals surface area contributed by atoms with Gasteiger partial charge in [-0.1, -0.05) is 49.9 Å². The zero-order valence-corrected chi connectivity index (χ0v) is 20.1. The van der Waals surface area contributed by atoms with Crippen molar-refractivity contribution in [2.75, 3.05) is 25.0 Å². The largest absolute Gasteiger partial charge is 0.416 e. The molecule has 5 nitrogen and oxygen atoms in total. The van der Waals surface area contributed by atoms with Crippen LogP contribution < -0.4 is 21.7 Å². The van der Waals surface area contributed by atoms with Crippen molar-refractivity contribution in [1.82, 2.24) is 10.6 Å². The molecule has 8 heteroatoms. The number of anilines is 1. The normalized spacial score (nSPS) is 15.7. The summed E-state index contributed by atoms with van der Waals surface area (Å²) in [4.78, 5) is 4.51. The Balaban J connectivity index is 1.90. The maximum absolute atomic E-state index is 13.5. The first-order chi connectivity index (χ1) is 16.8. The van der Waals surface area contributed by atoms with Crippen molar-refractivity contribution in [2.45, 2.75) is 38.9 Å². The van der Waals surface area contributed by atoms with Gasteiger partial charge in [0.05, 0.1) is 12.1 Å². The summed E-state index contributed by atoms with van der Waals surface area (Å²) in [5, 5.41) is 9.90. The number of benzene rings is 2. The lowest BCUT2D eigenvalue weighted by Gasteiger charge is -2.23. The number of hydrogen-bond acceptors (Lipinski definition) is 4. The predicted octanol–water partition coefficient (Wildman–Crippen LogP) is 5.53. The van der Waals surface area contributed by atoms with Crippen molar-refractivity contribution in [3.8, 4) is 0 Å². The van der Waals surface area contributed by atoms with Crippen LogP contribution in [0.25, 0.3) is 5.70 Å². The number of amidine groups is 1. The maximum Gasteiger partial charge on any atom is 0.416 e. The molecule has 3 rings (SSSR count). The van der Waals surface area contributed by atoms with Crippen LogP contribution in [0, 0.1) is 5.92 Å². The first-order valence-corrected chi connectivity index (χ1v) is 12.0. The Bertz CT molecular complexity index is 1050. The molecule has 0 aliphatic carbocycles. The third-order valence-corrected chi connectivity index (χ3v) is 5.95. The van der Waals surface area contributed by atoms with E-state index in [-0.39, 0.29) is 18.0 Å². The van der Waals surface area contributed by atoms with Crippen LogP contribution in [0.15, 0.2) is 71.9 Å². The summed E-state index contributed by atoms with van der Waals surface area (Å²) in [6, 6.07) is 13.2. The number of nitrogens with two attached hydrogens (primary N) is 1. The molecule has 0 spiro atoms. The number of halogens is 3. The fourth-order valence-electron chi connectivity index (χ4n) is 4.04. The highest BCUT2D eigenvalue weighted by Gasteiger charge is 2.32. The molecule has 1 fully saturated rings. The lowest BCUT2D eigenvalue weighted by atomic mass is 9.94. The second kappa shape index (κ2) is 12.4. The monoisotopic (exact) mass is 485 g/mol. The van der Waals surface area contributed by atoms with E-state index in [0.29, 0.717) is 17.2 Å². The van der Waals surface area contributed by atoms with Gasteiger partial charge in [-0.2, -0.15) is 13.2 Å². The maximum atomic E-state index is 13.5. The van der Waals surface area contributed by atoms with E-state index in [1.807, 2.05) is 24.3 Å². The van der Waals surface area contributed by atoms with Gasteiger partial charge < -0.3 is 21.7 Å². The Morgan fingerprint density at radius 3 is 2.54 bits per heavy atom. The van der Waals surface area contributed by atoms with Gasteiger partial charge in [0.1, 0.15) is 5.84 Å². The number of piperidine rings is 1. The molecule has 0 bridgehead atoms. The Labute approximate surface area is 205 Å². The molecular formula is C27H34F3N5. The lowest BCUT2D eigenvalue weighted by Crippen LogP contribution is -2.31. The highest BCUT2D eigenvalue weighted by Crippen LogP contribution is 2.32. The van der Waals surface area contributed by atoms with Gasteiger partial charge >= 0.3 is 6.18 Å². The van der Waals surface area contributed by atoms with E-state index in [9.17, 15) is 13.2 Å². The molecule has 2 aromatic rings. The molecule has 0 aromatic heterocycles. The van der Waals surface area contributed by atoms with Crippen molar-refractivity contribution in [3.05, 3.63) is 83.6 Å². The molecule has 0 radical (unpaired) electrons. The molecule has 0 unspecified atom stereocenters. The van der Waals surface area contributed by atoms with Crippen molar-refractivity contribution < 1.29 is 13.2 Å². The van der Waals surface area contributed by atoms with Crippen LogP contribution >= 0.6 is 0 Å². The highest BCUT2D eigenvalue weighted by atomic mass is 19.4. The smallest absolute Gasteiger partial charge is 0.402 e. The standard InChI is InChI=1S/C27H34F3N5/c1-3-14-33-25-11-7-5-9-22(25)19(2)35-26(17-24(31)20-12-15-32-16-13-20)34-18-21-8-4-6-10-23(21)27(28,29)30/h4-11,17,20,32-33H,2-3,12-16,18,31H2,1H3,(H,34,35)/b24-17-. The summed E-state index contributed by atoms with van der Waals surface area (Å²) < 4.78 is 40.4. The fraction of sp³-hybridized carbons (Fsp3) is 0.370. The van der Waals surface area contributed by atoms with Crippen LogP contribution in [0.4, 0.5) is 18.9 Å². The van der Waals surface area contributed by atoms with E-state index in [1.165, 1.54) is 12.1 Å². The predicted molar refractivity (Wildman–Crippen MR) is 138 cm³/mol. The van der Waals surface area contributed by atoms with Crippen molar-refractivity contribution >= 4 is 17.2 Å². The third-order valence-electron chi connectivity index (χ3n) is 5.95. The van der Waals surface area contributed by atoms with Gasteiger partial charge in [-0.05, 0) is 56.1 Å². The van der Waals surface area contributed by atoms with Crippen LogP contribution in [0.3, 0.4) is 0 Å². The van der Waals surface area contributed by atoms with Crippen molar-refractivity contribution in [2.24, 2.45) is 16.6 Å². The summed E-state index contributed by atoms with van der Waals surface area (Å²) in [7, 11) is 0. The van der Waals surface area contributed by atoms with Gasteiger partial charge in [0.15, 0.2) is 0 Å². The minimum Gasteiger partial charge on any atom is -0.402 e. The summed E-state index contributed by atoms with van der Waals surface area (Å²) >= 11 is 0. The average Bonchev–Trinajstić information content (AvgIpc) is 2.86. The Hall–Kier alpha value is -3.26. The van der Waals surface area contributed by atoms with Crippen LogP contribution in [0.5, 0.6) is 0 Å². The first kappa shape index (κ1) is 26.3. The van der Waals surface area contributed by atoms with Gasteiger partial charge in [-0.15, -0.1) is 0 Å². The van der Waals surface area contributed by atoms with Crippen molar-refractivity contribution in [1.29, 1.82) is 0 Å². The van der Waals surface area contributed by atoms with Gasteiger partial charge in [0.2, 0.25) is 0 Å². The number of nitrogens with one attached hydrogen (secondary N) is 3. The summed E-state index contributed by atoms with van der Waals surface area (Å²) in [5.74, 6) is 0.575. The van der Waals surface area contributed by atoms with Gasteiger partial charge in [-0.25, -0.2) is 0 Å². The third kappa shape index (κ3) is 7.62. The number of aliphatic imine (C=N–C) groups is 1. The lowest BCUT2D eigenvalue weighted by molar-refractivity contribution is -0.138. The first-order valence-electron chi connectivity index (χ1n) is 12.0. The van der Waals surface area contributed by atoms with Crippen LogP contribution in [0.1, 0.15) is 42.9 Å². The fourth-order valence-corrected chi connectivity index (χ4v) is 4.04. The molecule has 0 saturated carbocycles. The molecule has 35 heavy (non-hydrogen) atoms. The molecule has 0 amide bonds. The SMILES string of the molecule is C=C(NC(/C=C(\N)C1CCNCC1)=NCc1ccccc1C(F)(F)F)c1ccccc1NCCC. The minimum absolute atomic E-state index is 0.101. The van der Waals surface area contributed by atoms with Gasteiger partial charge in [0.25, 0.3) is 0 Å². The zero-order valence-electron chi connectivity index (χ0n) is 20.1. The van der Waals surface area contributed by atoms with Crippen LogP contribution in [0.2, 0.25) is 0 Å². The molecule has 5 N–H and O–H groups in total. The summed E-state index contributed by atoms with van der Waals surface area (Å²) in [5.41, 5.74) is 8.85. The molecule has 2 aromatic carbocycles. The van der Waals surface area contributed by atoms with Gasteiger partial charge in [-0.3, -0.25) is 4.99 Å². The molecule has 1 aliphatic rings. The second-order valence-electron chi connectivity index (χ2n) is 8.60. The molecule has 1 saturated heterocycles. The molecule has 0 atom stereocenters. The molecule has 188 valence electrons. The summed E-state index contributed by atoms with van der Waals surface area (Å²) in [6.45, 7) is 8.68. The summed E-state index contributed by atoms with van der Waals surface area (Å²) in [6.07, 6.45) is 0.0557. The minimum atomic E-state index is -4.45. The Morgan fingerprint density at radius 2 is 1.83 bits per heavy atom. The van der Waals surface area contributed by atoms with E-state index < -0.39 is 11.7 Å². The van der Waals surface area contributed by atoms with E-state index in [4.69, 9.17) is 5.73 Å². The van der Waals surface area contributed by atoms with Gasteiger partial charge in [0, 0.05) is 35.1 Å². The van der Waals surface area contributed by atoms with E-state index in [2.05, 4.69) is 34.4 Å². The quantitative estimate of drug-likeness (QED) is 0.278. The van der Waals surface area contributed by atoms with E-state index in [1.54, 1.807) is 12.1 Å². The Kier molecular flexibility index (Phi) is 9.37. The highest BCUT2D eigenvalue weighted by molar-refractivity contribution is 5.99. The van der Waals surface area contributed by atoms with Crippen molar-refractivity contribution in [3.63, 3.8) is 0 Å². The number of hydrogen-bond donors (Lipinski definition) is 4. The molecular weight excluding hydrogens is 451 g/mol. The number of rotatable bonds is 9. The molecule has 1 aliphatic heterocycles. The second-order valence-corrected chi connectivity index (χ2v) is 8.60. The number of alkyl halides is 3. The number of para-hydroxylation sites is 1. The topological polar surface area (TPSA) is 74.5 Å². The van der Waals surface area contributed by atoms with E-state index in [0.717, 1.165) is 56.2 Å². The van der Waals surface area contributed by atoms with Crippen LogP contribution in [-0.2, 0) is 12.7 Å². The number of nitrogens with zero attached hydrogens (tertiary/aromatic N) is 1. The van der Waals surface area contributed by atoms with E-state index >= 15 is 0 Å². The number of allylic oxidation sites excluding steroid dienone is 1. The Morgan fingerprint density at radius 1 is 1.14 bits per heavy atom. The average molecular weight is 486 g/mol. The zero-order chi connectivity index (χ0) is 25.3. The molecule has 1 heterocycles. The van der Waals surface area contributed by atoms with Crippen LogP contribution in [-0.4, -0.2) is 25.5 Å².